The summed E-state index contributed by atoms with van der Waals surface area (Å²) in [5.74, 6) is 1.52. The lowest BCUT2D eigenvalue weighted by molar-refractivity contribution is 0.187. The monoisotopic (exact) mass is 340 g/mol. The first-order chi connectivity index (χ1) is 11.0. The zero-order valence-corrected chi connectivity index (χ0v) is 14.9. The fourth-order valence-corrected chi connectivity index (χ4v) is 4.32. The summed E-state index contributed by atoms with van der Waals surface area (Å²) in [5.41, 5.74) is 0. The van der Waals surface area contributed by atoms with E-state index in [1.54, 1.807) is 31.4 Å². The molecule has 0 saturated carbocycles. The Morgan fingerprint density at radius 1 is 1.30 bits per heavy atom. The topological polar surface area (TPSA) is 58.6 Å². The Morgan fingerprint density at radius 3 is 2.70 bits per heavy atom. The number of nitrogens with zero attached hydrogens (tertiary/aromatic N) is 1. The summed E-state index contributed by atoms with van der Waals surface area (Å²) in [4.78, 5) is 2.62. The number of methoxy groups -OCH3 is 1. The molecule has 1 heterocycles. The number of likely N-dealkylation sites (tertiary alicyclic amines) is 1. The molecule has 1 aromatic carbocycles. The first-order valence-corrected chi connectivity index (χ1v) is 9.94. The third-order valence-corrected chi connectivity index (χ3v) is 6.28. The molecule has 0 aliphatic carbocycles. The molecule has 1 aliphatic rings. The average Bonchev–Trinajstić information content (AvgIpc) is 2.59. The lowest BCUT2D eigenvalue weighted by Gasteiger charge is -2.31. The third kappa shape index (κ3) is 5.48. The summed E-state index contributed by atoms with van der Waals surface area (Å²) in [6.45, 7) is 3.68. The van der Waals surface area contributed by atoms with E-state index in [-0.39, 0.29) is 5.75 Å². The van der Waals surface area contributed by atoms with Crippen LogP contribution in [0.2, 0.25) is 0 Å². The molecule has 2 rings (SSSR count). The largest absolute Gasteiger partial charge is 0.497 e. The molecule has 1 saturated heterocycles. The maximum Gasteiger partial charge on any atom is 0.179 e. The normalized spacial score (nSPS) is 17.3. The molecular formula is C17H28N2O3S. The SMILES string of the molecule is CNCCC1CCN(CCS(=O)(=O)c2cccc(OC)c2)CC1. The summed E-state index contributed by atoms with van der Waals surface area (Å²) in [6, 6.07) is 6.72. The van der Waals surface area contributed by atoms with E-state index < -0.39 is 9.84 Å². The van der Waals surface area contributed by atoms with Crippen LogP contribution in [0.3, 0.4) is 0 Å². The summed E-state index contributed by atoms with van der Waals surface area (Å²) in [7, 11) is 0.279. The van der Waals surface area contributed by atoms with Crippen LogP contribution in [-0.4, -0.2) is 59.4 Å². The van der Waals surface area contributed by atoms with Crippen molar-refractivity contribution in [3.8, 4) is 5.75 Å². The molecule has 1 N–H and O–H groups in total. The Hall–Kier alpha value is -1.11. The van der Waals surface area contributed by atoms with Crippen LogP contribution in [0.4, 0.5) is 0 Å². The summed E-state index contributed by atoms with van der Waals surface area (Å²) >= 11 is 0. The van der Waals surface area contributed by atoms with Gasteiger partial charge in [0.25, 0.3) is 0 Å². The van der Waals surface area contributed by atoms with Crippen molar-refractivity contribution in [3.05, 3.63) is 24.3 Å². The Labute approximate surface area is 139 Å². The number of piperidine rings is 1. The van der Waals surface area contributed by atoms with Crippen molar-refractivity contribution < 1.29 is 13.2 Å². The predicted octanol–water partition coefficient (Wildman–Crippen LogP) is 1.79. The first kappa shape index (κ1) is 18.2. The highest BCUT2D eigenvalue weighted by molar-refractivity contribution is 7.91. The molecule has 1 aliphatic heterocycles. The quantitative estimate of drug-likeness (QED) is 0.782. The van der Waals surface area contributed by atoms with Gasteiger partial charge in [-0.25, -0.2) is 8.42 Å². The number of rotatable bonds is 8. The summed E-state index contributed by atoms with van der Waals surface area (Å²) in [6.07, 6.45) is 3.55. The molecule has 130 valence electrons. The molecule has 0 amide bonds. The van der Waals surface area contributed by atoms with Crippen LogP contribution in [0.15, 0.2) is 29.2 Å². The van der Waals surface area contributed by atoms with E-state index >= 15 is 0 Å². The third-order valence-electron chi connectivity index (χ3n) is 4.59. The highest BCUT2D eigenvalue weighted by Crippen LogP contribution is 2.21. The Bertz CT molecular complexity index is 581. The van der Waals surface area contributed by atoms with Crippen molar-refractivity contribution >= 4 is 9.84 Å². The van der Waals surface area contributed by atoms with E-state index in [0.29, 0.717) is 17.2 Å². The molecule has 6 heteroatoms. The molecule has 0 spiro atoms. The molecule has 0 radical (unpaired) electrons. The van der Waals surface area contributed by atoms with Crippen LogP contribution >= 0.6 is 0 Å². The maximum atomic E-state index is 12.5. The highest BCUT2D eigenvalue weighted by atomic mass is 32.2. The maximum absolute atomic E-state index is 12.5. The van der Waals surface area contributed by atoms with Gasteiger partial charge in [0.1, 0.15) is 5.75 Å². The minimum Gasteiger partial charge on any atom is -0.497 e. The van der Waals surface area contributed by atoms with Crippen molar-refractivity contribution in [2.75, 3.05) is 46.1 Å². The van der Waals surface area contributed by atoms with Crippen molar-refractivity contribution in [1.82, 2.24) is 10.2 Å². The number of sulfone groups is 1. The first-order valence-electron chi connectivity index (χ1n) is 8.29. The van der Waals surface area contributed by atoms with Crippen molar-refractivity contribution in [2.45, 2.75) is 24.2 Å². The number of benzene rings is 1. The summed E-state index contributed by atoms with van der Waals surface area (Å²) < 4.78 is 30.0. The van der Waals surface area contributed by atoms with Crippen LogP contribution < -0.4 is 10.1 Å². The molecule has 0 aromatic heterocycles. The van der Waals surface area contributed by atoms with Crippen LogP contribution in [0.25, 0.3) is 0 Å². The second-order valence-corrected chi connectivity index (χ2v) is 8.28. The fourth-order valence-electron chi connectivity index (χ4n) is 3.01. The molecular weight excluding hydrogens is 312 g/mol. The lowest BCUT2D eigenvalue weighted by Crippen LogP contribution is -2.37. The van der Waals surface area contributed by atoms with Crippen LogP contribution in [-0.2, 0) is 9.84 Å². The van der Waals surface area contributed by atoms with Gasteiger partial charge in [0.05, 0.1) is 17.8 Å². The van der Waals surface area contributed by atoms with Gasteiger partial charge in [0, 0.05) is 6.54 Å². The van der Waals surface area contributed by atoms with Crippen LogP contribution in [0.5, 0.6) is 5.75 Å². The van der Waals surface area contributed by atoms with E-state index in [9.17, 15) is 8.42 Å². The van der Waals surface area contributed by atoms with Crippen LogP contribution in [0.1, 0.15) is 19.3 Å². The van der Waals surface area contributed by atoms with Gasteiger partial charge in [-0.1, -0.05) is 6.07 Å². The zero-order chi connectivity index (χ0) is 16.7. The molecule has 0 bridgehead atoms. The standard InChI is InChI=1S/C17H28N2O3S/c1-18-9-6-15-7-10-19(11-8-15)12-13-23(20,21)17-5-3-4-16(14-17)22-2/h3-5,14-15,18H,6-13H2,1-2H3. The Balaban J connectivity index is 1.83. The lowest BCUT2D eigenvalue weighted by atomic mass is 9.94. The second kappa shape index (κ2) is 8.66. The molecule has 1 aromatic rings. The predicted molar refractivity (Wildman–Crippen MR) is 92.8 cm³/mol. The zero-order valence-electron chi connectivity index (χ0n) is 14.1. The van der Waals surface area contributed by atoms with Gasteiger partial charge < -0.3 is 15.0 Å². The number of hydrogen-bond donors (Lipinski definition) is 1. The summed E-state index contributed by atoms with van der Waals surface area (Å²) in [5, 5.41) is 3.20. The highest BCUT2D eigenvalue weighted by Gasteiger charge is 2.21. The van der Waals surface area contributed by atoms with Gasteiger partial charge in [-0.15, -0.1) is 0 Å². The number of nitrogens with one attached hydrogen (secondary N) is 1. The molecule has 23 heavy (non-hydrogen) atoms. The van der Waals surface area contributed by atoms with E-state index in [0.717, 1.165) is 25.6 Å². The van der Waals surface area contributed by atoms with E-state index in [1.165, 1.54) is 19.3 Å². The van der Waals surface area contributed by atoms with Gasteiger partial charge in [-0.2, -0.15) is 0 Å². The molecule has 5 nitrogen and oxygen atoms in total. The van der Waals surface area contributed by atoms with Gasteiger partial charge >= 0.3 is 0 Å². The average molecular weight is 340 g/mol. The van der Waals surface area contributed by atoms with E-state index in [1.807, 2.05) is 7.05 Å². The van der Waals surface area contributed by atoms with Crippen molar-refractivity contribution in [3.63, 3.8) is 0 Å². The van der Waals surface area contributed by atoms with Crippen molar-refractivity contribution in [2.24, 2.45) is 5.92 Å². The Kier molecular flexibility index (Phi) is 6.87. The number of hydrogen-bond acceptors (Lipinski definition) is 5. The molecule has 0 atom stereocenters. The van der Waals surface area contributed by atoms with Gasteiger partial charge in [-0.3, -0.25) is 0 Å². The fraction of sp³-hybridized carbons (Fsp3) is 0.647. The van der Waals surface area contributed by atoms with Crippen molar-refractivity contribution in [1.29, 1.82) is 0 Å². The Morgan fingerprint density at radius 2 is 2.04 bits per heavy atom. The minimum absolute atomic E-state index is 0.168. The van der Waals surface area contributed by atoms with Gasteiger partial charge in [0.15, 0.2) is 9.84 Å². The van der Waals surface area contributed by atoms with E-state index in [2.05, 4.69) is 10.2 Å². The second-order valence-electron chi connectivity index (χ2n) is 6.18. The van der Waals surface area contributed by atoms with Gasteiger partial charge in [-0.05, 0) is 70.1 Å². The van der Waals surface area contributed by atoms with E-state index in [4.69, 9.17) is 4.74 Å². The number of ether oxygens (including phenoxy) is 1. The smallest absolute Gasteiger partial charge is 0.179 e. The van der Waals surface area contributed by atoms with Gasteiger partial charge in [0.2, 0.25) is 0 Å². The molecule has 0 unspecified atom stereocenters. The molecule has 1 fully saturated rings. The van der Waals surface area contributed by atoms with Crippen LogP contribution in [0, 0.1) is 5.92 Å². The minimum atomic E-state index is -3.25.